The van der Waals surface area contributed by atoms with Crippen LogP contribution in [-0.2, 0) is 19.3 Å². The molecule has 0 spiro atoms. The monoisotopic (exact) mass is 303 g/mol. The number of rotatable bonds is 4. The zero-order chi connectivity index (χ0) is 14.7. The van der Waals surface area contributed by atoms with Gasteiger partial charge in [-0.05, 0) is 61.4 Å². The Morgan fingerprint density at radius 3 is 2.90 bits per heavy atom. The fourth-order valence-corrected chi connectivity index (χ4v) is 3.87. The fraction of sp³-hybridized carbons (Fsp3) is 0.353. The van der Waals surface area contributed by atoms with Crippen LogP contribution in [0, 0.1) is 5.82 Å². The fourth-order valence-electron chi connectivity index (χ4n) is 2.70. The number of carbonyl (C=O) groups excluding carboxylic acids is 1. The zero-order valence-electron chi connectivity index (χ0n) is 11.8. The molecule has 1 amide bonds. The largest absolute Gasteiger partial charge is 0.351 e. The number of thiophene rings is 1. The van der Waals surface area contributed by atoms with E-state index in [1.807, 2.05) is 12.1 Å². The first-order valence-electron chi connectivity index (χ1n) is 7.36. The summed E-state index contributed by atoms with van der Waals surface area (Å²) in [6.07, 6.45) is 5.31. The van der Waals surface area contributed by atoms with Crippen LogP contribution in [0.25, 0.3) is 0 Å². The smallest absolute Gasteiger partial charge is 0.261 e. The van der Waals surface area contributed by atoms with E-state index in [1.165, 1.54) is 35.4 Å². The Morgan fingerprint density at radius 1 is 1.24 bits per heavy atom. The highest BCUT2D eigenvalue weighted by Gasteiger charge is 2.16. The first kappa shape index (κ1) is 14.3. The molecular weight excluding hydrogens is 285 g/mol. The minimum absolute atomic E-state index is 0.00852. The zero-order valence-corrected chi connectivity index (χ0v) is 12.6. The Labute approximate surface area is 128 Å². The molecule has 0 radical (unpaired) electrons. The molecule has 110 valence electrons. The maximum Gasteiger partial charge on any atom is 0.261 e. The summed E-state index contributed by atoms with van der Waals surface area (Å²) in [5, 5.41) is 2.93. The lowest BCUT2D eigenvalue weighted by molar-refractivity contribution is 0.0958. The molecule has 0 atom stereocenters. The van der Waals surface area contributed by atoms with Crippen molar-refractivity contribution < 1.29 is 9.18 Å². The summed E-state index contributed by atoms with van der Waals surface area (Å²) in [5.74, 6) is -0.240. The van der Waals surface area contributed by atoms with Gasteiger partial charge in [-0.3, -0.25) is 4.79 Å². The first-order chi connectivity index (χ1) is 10.2. The normalized spacial score (nSPS) is 13.8. The summed E-state index contributed by atoms with van der Waals surface area (Å²) in [6.45, 7) is 0.533. The van der Waals surface area contributed by atoms with Crippen LogP contribution in [0.2, 0.25) is 0 Å². The Bertz CT molecular complexity index is 626. The lowest BCUT2D eigenvalue weighted by Gasteiger charge is -2.08. The van der Waals surface area contributed by atoms with Crippen LogP contribution in [0.1, 0.15) is 38.5 Å². The third kappa shape index (κ3) is 3.50. The van der Waals surface area contributed by atoms with Gasteiger partial charge in [0.1, 0.15) is 5.82 Å². The van der Waals surface area contributed by atoms with E-state index in [-0.39, 0.29) is 11.7 Å². The number of halogens is 1. The Balaban J connectivity index is 1.55. The number of fused-ring (bicyclic) bond motifs is 1. The van der Waals surface area contributed by atoms with Crippen molar-refractivity contribution in [3.8, 4) is 0 Å². The highest BCUT2D eigenvalue weighted by Crippen LogP contribution is 2.29. The summed E-state index contributed by atoms with van der Waals surface area (Å²) < 4.78 is 13.1. The SMILES string of the molecule is O=C(NCCc1cccc(F)c1)c1cc2c(s1)CCCC2. The standard InChI is InChI=1S/C17H18FNOS/c18-14-6-3-4-12(10-14)8-9-19-17(20)16-11-13-5-1-2-7-15(13)21-16/h3-4,6,10-11H,1-2,5,7-9H2,(H,19,20). The summed E-state index contributed by atoms with van der Waals surface area (Å²) >= 11 is 1.62. The summed E-state index contributed by atoms with van der Waals surface area (Å²) in [7, 11) is 0. The molecule has 0 fully saturated rings. The maximum absolute atomic E-state index is 13.1. The maximum atomic E-state index is 13.1. The number of nitrogens with one attached hydrogen (secondary N) is 1. The Hall–Kier alpha value is -1.68. The average Bonchev–Trinajstić information content (AvgIpc) is 2.91. The third-order valence-corrected chi connectivity index (χ3v) is 5.04. The van der Waals surface area contributed by atoms with Crippen molar-refractivity contribution in [2.45, 2.75) is 32.1 Å². The minimum atomic E-state index is -0.232. The van der Waals surface area contributed by atoms with Crippen LogP contribution < -0.4 is 5.32 Å². The summed E-state index contributed by atoms with van der Waals surface area (Å²) in [4.78, 5) is 14.3. The Morgan fingerprint density at radius 2 is 2.10 bits per heavy atom. The van der Waals surface area contributed by atoms with Gasteiger partial charge in [0.15, 0.2) is 0 Å². The van der Waals surface area contributed by atoms with E-state index in [0.29, 0.717) is 13.0 Å². The molecule has 1 heterocycles. The molecule has 1 aliphatic rings. The Kier molecular flexibility index (Phi) is 4.34. The van der Waals surface area contributed by atoms with Crippen molar-refractivity contribution in [1.29, 1.82) is 0 Å². The quantitative estimate of drug-likeness (QED) is 0.916. The van der Waals surface area contributed by atoms with Crippen LogP contribution in [0.15, 0.2) is 30.3 Å². The molecule has 0 bridgehead atoms. The van der Waals surface area contributed by atoms with Gasteiger partial charge in [0, 0.05) is 11.4 Å². The number of aryl methyl sites for hydroxylation is 2. The molecule has 3 rings (SSSR count). The minimum Gasteiger partial charge on any atom is -0.351 e. The topological polar surface area (TPSA) is 29.1 Å². The number of benzene rings is 1. The van der Waals surface area contributed by atoms with Gasteiger partial charge in [-0.15, -0.1) is 11.3 Å². The van der Waals surface area contributed by atoms with Crippen LogP contribution >= 0.6 is 11.3 Å². The molecule has 0 unspecified atom stereocenters. The van der Waals surface area contributed by atoms with E-state index in [4.69, 9.17) is 0 Å². The van der Waals surface area contributed by atoms with Crippen LogP contribution in [0.5, 0.6) is 0 Å². The van der Waals surface area contributed by atoms with Crippen molar-refractivity contribution in [3.63, 3.8) is 0 Å². The second-order valence-electron chi connectivity index (χ2n) is 5.40. The van der Waals surface area contributed by atoms with Crippen molar-refractivity contribution in [2.24, 2.45) is 0 Å². The number of hydrogen-bond donors (Lipinski definition) is 1. The van der Waals surface area contributed by atoms with Crippen LogP contribution in [0.4, 0.5) is 4.39 Å². The van der Waals surface area contributed by atoms with Gasteiger partial charge in [-0.2, -0.15) is 0 Å². The first-order valence-corrected chi connectivity index (χ1v) is 8.18. The molecule has 1 aromatic carbocycles. The average molecular weight is 303 g/mol. The lowest BCUT2D eigenvalue weighted by atomic mass is 9.99. The van der Waals surface area contributed by atoms with Gasteiger partial charge in [0.05, 0.1) is 4.88 Å². The van der Waals surface area contributed by atoms with E-state index in [0.717, 1.165) is 23.3 Å². The van der Waals surface area contributed by atoms with Gasteiger partial charge in [-0.25, -0.2) is 4.39 Å². The van der Waals surface area contributed by atoms with Gasteiger partial charge >= 0.3 is 0 Å². The van der Waals surface area contributed by atoms with E-state index in [2.05, 4.69) is 5.32 Å². The van der Waals surface area contributed by atoms with Gasteiger partial charge in [0.2, 0.25) is 0 Å². The molecule has 0 aliphatic heterocycles. The third-order valence-electron chi connectivity index (χ3n) is 3.81. The van der Waals surface area contributed by atoms with E-state index in [1.54, 1.807) is 17.4 Å². The summed E-state index contributed by atoms with van der Waals surface area (Å²) in [6, 6.07) is 8.55. The van der Waals surface area contributed by atoms with Gasteiger partial charge < -0.3 is 5.32 Å². The number of amides is 1. The van der Waals surface area contributed by atoms with Crippen molar-refractivity contribution in [1.82, 2.24) is 5.32 Å². The second-order valence-corrected chi connectivity index (χ2v) is 6.54. The van der Waals surface area contributed by atoms with E-state index >= 15 is 0 Å². The molecular formula is C17H18FNOS. The number of carbonyl (C=O) groups is 1. The highest BCUT2D eigenvalue weighted by molar-refractivity contribution is 7.14. The van der Waals surface area contributed by atoms with Crippen molar-refractivity contribution in [3.05, 3.63) is 57.0 Å². The molecule has 0 saturated carbocycles. The second kappa shape index (κ2) is 6.39. The summed E-state index contributed by atoms with van der Waals surface area (Å²) in [5.41, 5.74) is 2.25. The molecule has 4 heteroatoms. The molecule has 1 N–H and O–H groups in total. The van der Waals surface area contributed by atoms with Crippen molar-refractivity contribution >= 4 is 17.2 Å². The molecule has 2 aromatic rings. The molecule has 1 aromatic heterocycles. The van der Waals surface area contributed by atoms with Crippen LogP contribution in [-0.4, -0.2) is 12.5 Å². The van der Waals surface area contributed by atoms with Crippen LogP contribution in [0.3, 0.4) is 0 Å². The van der Waals surface area contributed by atoms with Crippen molar-refractivity contribution in [2.75, 3.05) is 6.54 Å². The molecule has 21 heavy (non-hydrogen) atoms. The lowest BCUT2D eigenvalue weighted by Crippen LogP contribution is -2.24. The van der Waals surface area contributed by atoms with E-state index in [9.17, 15) is 9.18 Å². The van der Waals surface area contributed by atoms with Gasteiger partial charge in [0.25, 0.3) is 5.91 Å². The predicted molar refractivity (Wildman–Crippen MR) is 83.4 cm³/mol. The molecule has 1 aliphatic carbocycles. The molecule has 0 saturated heterocycles. The van der Waals surface area contributed by atoms with E-state index < -0.39 is 0 Å². The highest BCUT2D eigenvalue weighted by atomic mass is 32.1. The van der Waals surface area contributed by atoms with Gasteiger partial charge in [-0.1, -0.05) is 12.1 Å². The number of hydrogen-bond acceptors (Lipinski definition) is 2. The molecule has 2 nitrogen and oxygen atoms in total. The predicted octanol–water partition coefficient (Wildman–Crippen LogP) is 3.74.